The number of carbonyl (C=O) groups is 1. The number of hydrogen-bond acceptors (Lipinski definition) is 4. The van der Waals surface area contributed by atoms with Gasteiger partial charge in [-0.25, -0.2) is 12.7 Å². The van der Waals surface area contributed by atoms with Gasteiger partial charge in [0.2, 0.25) is 10.0 Å². The molecule has 0 aromatic heterocycles. The Morgan fingerprint density at radius 2 is 1.94 bits per heavy atom. The molecule has 0 spiro atoms. The average molecular weight is 276 g/mol. The van der Waals surface area contributed by atoms with Gasteiger partial charge in [-0.2, -0.15) is 0 Å². The van der Waals surface area contributed by atoms with Crippen molar-refractivity contribution in [3.8, 4) is 0 Å². The molecule has 2 heterocycles. The Morgan fingerprint density at radius 3 is 2.56 bits per heavy atom. The zero-order chi connectivity index (χ0) is 13.2. The van der Waals surface area contributed by atoms with Crippen molar-refractivity contribution in [1.29, 1.82) is 0 Å². The Hall–Kier alpha value is -0.660. The minimum absolute atomic E-state index is 0.0165. The first-order chi connectivity index (χ1) is 8.48. The lowest BCUT2D eigenvalue weighted by Crippen LogP contribution is -2.41. The molecule has 0 aliphatic carbocycles. The van der Waals surface area contributed by atoms with Crippen molar-refractivity contribution in [2.75, 3.05) is 39.0 Å². The van der Waals surface area contributed by atoms with Crippen LogP contribution in [0.25, 0.3) is 0 Å². The van der Waals surface area contributed by atoms with Gasteiger partial charge in [-0.05, 0) is 19.3 Å². The van der Waals surface area contributed by atoms with Crippen LogP contribution in [0, 0.1) is 0 Å². The molecule has 104 valence electrons. The molecular weight excluding hydrogens is 256 g/mol. The molecule has 0 bridgehead atoms. The highest BCUT2D eigenvalue weighted by molar-refractivity contribution is 7.88. The summed E-state index contributed by atoms with van der Waals surface area (Å²) in [5, 5.41) is 0. The predicted octanol–water partition coefficient (Wildman–Crippen LogP) is -0.341. The summed E-state index contributed by atoms with van der Waals surface area (Å²) in [7, 11) is -3.15. The van der Waals surface area contributed by atoms with Gasteiger partial charge < -0.3 is 9.64 Å². The van der Waals surface area contributed by atoms with Gasteiger partial charge in [0.25, 0.3) is 5.91 Å². The summed E-state index contributed by atoms with van der Waals surface area (Å²) in [5.74, 6) is 0.0165. The molecule has 18 heavy (non-hydrogen) atoms. The number of ether oxygens (including phenoxy) is 1. The molecule has 2 aliphatic rings. The highest BCUT2D eigenvalue weighted by Gasteiger charge is 2.30. The van der Waals surface area contributed by atoms with Crippen LogP contribution in [0.5, 0.6) is 0 Å². The SMILES string of the molecule is CS(=O)(=O)N1CCCN(C(=O)[C@@H]2CCCO2)CC1. The van der Waals surface area contributed by atoms with Crippen LogP contribution in [0.15, 0.2) is 0 Å². The molecule has 7 heteroatoms. The summed E-state index contributed by atoms with van der Waals surface area (Å²) in [5.41, 5.74) is 0. The second kappa shape index (κ2) is 5.54. The summed E-state index contributed by atoms with van der Waals surface area (Å²) in [6.07, 6.45) is 3.30. The van der Waals surface area contributed by atoms with Crippen molar-refractivity contribution < 1.29 is 17.9 Å². The van der Waals surface area contributed by atoms with Crippen molar-refractivity contribution >= 4 is 15.9 Å². The van der Waals surface area contributed by atoms with Gasteiger partial charge in [-0.3, -0.25) is 4.79 Å². The smallest absolute Gasteiger partial charge is 0.251 e. The average Bonchev–Trinajstić information content (AvgIpc) is 2.70. The van der Waals surface area contributed by atoms with E-state index in [9.17, 15) is 13.2 Å². The molecule has 6 nitrogen and oxygen atoms in total. The summed E-state index contributed by atoms with van der Waals surface area (Å²) < 4.78 is 29.8. The molecule has 0 unspecified atom stereocenters. The first-order valence-corrected chi connectivity index (χ1v) is 8.19. The lowest BCUT2D eigenvalue weighted by atomic mass is 10.2. The number of nitrogens with zero attached hydrogens (tertiary/aromatic N) is 2. The van der Waals surface area contributed by atoms with E-state index >= 15 is 0 Å². The van der Waals surface area contributed by atoms with Crippen molar-refractivity contribution in [3.05, 3.63) is 0 Å². The lowest BCUT2D eigenvalue weighted by Gasteiger charge is -2.23. The van der Waals surface area contributed by atoms with Crippen LogP contribution in [0.1, 0.15) is 19.3 Å². The topological polar surface area (TPSA) is 66.9 Å². The molecule has 0 radical (unpaired) electrons. The molecule has 0 aromatic rings. The van der Waals surface area contributed by atoms with Gasteiger partial charge in [0.15, 0.2) is 0 Å². The molecule has 2 saturated heterocycles. The van der Waals surface area contributed by atoms with Crippen molar-refractivity contribution in [1.82, 2.24) is 9.21 Å². The van der Waals surface area contributed by atoms with E-state index in [1.54, 1.807) is 4.90 Å². The number of sulfonamides is 1. The lowest BCUT2D eigenvalue weighted by molar-refractivity contribution is -0.140. The normalized spacial score (nSPS) is 27.2. The molecule has 2 fully saturated rings. The van der Waals surface area contributed by atoms with Gasteiger partial charge in [-0.15, -0.1) is 0 Å². The Bertz CT molecular complexity index is 403. The van der Waals surface area contributed by atoms with Crippen molar-refractivity contribution in [2.24, 2.45) is 0 Å². The number of amides is 1. The zero-order valence-electron chi connectivity index (χ0n) is 10.7. The minimum Gasteiger partial charge on any atom is -0.368 e. The van der Waals surface area contributed by atoms with E-state index < -0.39 is 10.0 Å². The van der Waals surface area contributed by atoms with E-state index in [1.165, 1.54) is 10.6 Å². The maximum absolute atomic E-state index is 12.1. The molecule has 2 aliphatic heterocycles. The van der Waals surface area contributed by atoms with Crippen molar-refractivity contribution in [3.63, 3.8) is 0 Å². The largest absolute Gasteiger partial charge is 0.368 e. The van der Waals surface area contributed by atoms with Crippen molar-refractivity contribution in [2.45, 2.75) is 25.4 Å². The second-order valence-corrected chi connectivity index (χ2v) is 6.82. The summed E-state index contributed by atoms with van der Waals surface area (Å²) >= 11 is 0. The van der Waals surface area contributed by atoms with Gasteiger partial charge >= 0.3 is 0 Å². The monoisotopic (exact) mass is 276 g/mol. The van der Waals surface area contributed by atoms with E-state index in [0.717, 1.165) is 12.8 Å². The molecule has 1 amide bonds. The molecule has 0 N–H and O–H groups in total. The van der Waals surface area contributed by atoms with Gasteiger partial charge in [0.1, 0.15) is 6.10 Å². The van der Waals surface area contributed by atoms with Gasteiger partial charge in [0.05, 0.1) is 6.26 Å². The Kier molecular flexibility index (Phi) is 4.24. The molecule has 2 rings (SSSR count). The number of hydrogen-bond donors (Lipinski definition) is 0. The van der Waals surface area contributed by atoms with Crippen LogP contribution in [0.4, 0.5) is 0 Å². The van der Waals surface area contributed by atoms with Crippen LogP contribution in [0.3, 0.4) is 0 Å². The Labute approximate surface area is 108 Å². The Balaban J connectivity index is 1.94. The number of rotatable bonds is 2. The fourth-order valence-electron chi connectivity index (χ4n) is 2.42. The van der Waals surface area contributed by atoms with Crippen LogP contribution in [-0.4, -0.2) is 68.7 Å². The summed E-state index contributed by atoms with van der Waals surface area (Å²) in [4.78, 5) is 13.9. The molecule has 1 atom stereocenters. The summed E-state index contributed by atoms with van der Waals surface area (Å²) in [6, 6.07) is 0. The van der Waals surface area contributed by atoms with Crippen LogP contribution in [0.2, 0.25) is 0 Å². The van der Waals surface area contributed by atoms with Crippen LogP contribution in [-0.2, 0) is 19.6 Å². The maximum atomic E-state index is 12.1. The van der Waals surface area contributed by atoms with E-state index in [0.29, 0.717) is 39.2 Å². The Morgan fingerprint density at radius 1 is 1.17 bits per heavy atom. The molecule has 0 saturated carbocycles. The quantitative estimate of drug-likeness (QED) is 0.692. The minimum atomic E-state index is -3.15. The first-order valence-electron chi connectivity index (χ1n) is 6.34. The molecular formula is C11H20N2O4S. The van der Waals surface area contributed by atoms with Crippen LogP contribution >= 0.6 is 0 Å². The predicted molar refractivity (Wildman–Crippen MR) is 66.6 cm³/mol. The van der Waals surface area contributed by atoms with E-state index in [4.69, 9.17) is 4.74 Å². The van der Waals surface area contributed by atoms with E-state index in [2.05, 4.69) is 0 Å². The third-order valence-electron chi connectivity index (χ3n) is 3.44. The fraction of sp³-hybridized carbons (Fsp3) is 0.909. The highest BCUT2D eigenvalue weighted by Crippen LogP contribution is 2.16. The third-order valence-corrected chi connectivity index (χ3v) is 4.74. The zero-order valence-corrected chi connectivity index (χ0v) is 11.5. The molecule has 0 aromatic carbocycles. The van der Waals surface area contributed by atoms with Gasteiger partial charge in [0, 0.05) is 32.8 Å². The second-order valence-electron chi connectivity index (χ2n) is 4.84. The maximum Gasteiger partial charge on any atom is 0.251 e. The fourth-order valence-corrected chi connectivity index (χ4v) is 3.30. The third kappa shape index (κ3) is 3.21. The first kappa shape index (κ1) is 13.8. The summed E-state index contributed by atoms with van der Waals surface area (Å²) in [6.45, 7) is 2.61. The standard InChI is InChI=1S/C11H20N2O4S/c1-18(15,16)13-6-3-5-12(7-8-13)11(14)10-4-2-9-17-10/h10H,2-9H2,1H3/t10-/m0/s1. The van der Waals surface area contributed by atoms with E-state index in [-0.39, 0.29) is 12.0 Å². The van der Waals surface area contributed by atoms with E-state index in [1.807, 2.05) is 0 Å². The van der Waals surface area contributed by atoms with Gasteiger partial charge in [-0.1, -0.05) is 0 Å². The highest BCUT2D eigenvalue weighted by atomic mass is 32.2. The number of carbonyl (C=O) groups excluding carboxylic acids is 1. The van der Waals surface area contributed by atoms with Crippen LogP contribution < -0.4 is 0 Å².